The summed E-state index contributed by atoms with van der Waals surface area (Å²) in [5.74, 6) is 0. The van der Waals surface area contributed by atoms with Gasteiger partial charge in [0.2, 0.25) is 0 Å². The van der Waals surface area contributed by atoms with E-state index in [1.165, 1.54) is 76.2 Å². The smallest absolute Gasteiger partial charge is 0.00699 e. The van der Waals surface area contributed by atoms with Gasteiger partial charge in [0.25, 0.3) is 0 Å². The van der Waals surface area contributed by atoms with Crippen molar-refractivity contribution in [1.82, 2.24) is 11.1 Å². The van der Waals surface area contributed by atoms with Gasteiger partial charge in [0.05, 0.1) is 0 Å². The van der Waals surface area contributed by atoms with Crippen LogP contribution in [0.15, 0.2) is 30.3 Å². The van der Waals surface area contributed by atoms with Gasteiger partial charge in [-0.15, -0.1) is 12.4 Å². The van der Waals surface area contributed by atoms with Crippen LogP contribution in [0.4, 0.5) is 0 Å². The van der Waals surface area contributed by atoms with E-state index >= 15 is 0 Å². The molecule has 0 aliphatic rings. The maximum absolute atomic E-state index is 2.44. The Labute approximate surface area is 170 Å². The molecular weight excluding hydrogens is 340 g/mol. The molecule has 1 rings (SSSR count). The lowest BCUT2D eigenvalue weighted by atomic mass is 9.77. The van der Waals surface area contributed by atoms with Gasteiger partial charge in [-0.3, -0.25) is 0 Å². The van der Waals surface area contributed by atoms with Gasteiger partial charge in [-0.2, -0.15) is 0 Å². The number of hydrogen-bond acceptors (Lipinski definition) is 2. The van der Waals surface area contributed by atoms with Crippen LogP contribution in [0.5, 0.6) is 0 Å². The molecule has 1 aromatic carbocycles. The third-order valence-corrected chi connectivity index (χ3v) is 5.22. The monoisotopic (exact) mass is 384 g/mol. The lowest BCUT2D eigenvalue weighted by Gasteiger charge is -2.33. The summed E-state index contributed by atoms with van der Waals surface area (Å²) in [6.45, 7) is 5.87. The number of nitrogens with zero attached hydrogens (tertiary/aromatic N) is 1. The molecule has 3 N–H and O–H groups in total. The minimum atomic E-state index is 0. The summed E-state index contributed by atoms with van der Waals surface area (Å²) in [7, 11) is 4.39. The summed E-state index contributed by atoms with van der Waals surface area (Å²) in [6.07, 6.45) is 15.4. The van der Waals surface area contributed by atoms with Crippen molar-refractivity contribution in [1.29, 1.82) is 0 Å². The van der Waals surface area contributed by atoms with Gasteiger partial charge in [-0.05, 0) is 26.1 Å². The number of hydrogen-bond donors (Lipinski definition) is 1. The minimum Gasteiger partial charge on any atom is -0.344 e. The number of likely N-dealkylation sites (N-methyl/N-ethyl adjacent to an activating group) is 1. The van der Waals surface area contributed by atoms with E-state index in [-0.39, 0.29) is 24.0 Å². The Hall–Kier alpha value is -0.570. The minimum absolute atomic E-state index is 0. The van der Waals surface area contributed by atoms with E-state index < -0.39 is 0 Å². The molecule has 0 amide bonds. The first-order valence-corrected chi connectivity index (χ1v) is 10.3. The fourth-order valence-corrected chi connectivity index (χ4v) is 3.86. The molecule has 1 aromatic rings. The van der Waals surface area contributed by atoms with E-state index in [1.807, 2.05) is 0 Å². The molecule has 26 heavy (non-hydrogen) atoms. The molecule has 0 spiro atoms. The zero-order chi connectivity index (χ0) is 17.7. The van der Waals surface area contributed by atoms with Crippen LogP contribution >= 0.6 is 12.4 Å². The van der Waals surface area contributed by atoms with Crippen LogP contribution in [0, 0.1) is 0 Å². The SMILES string of the molecule is CCCCCCCCCCCCC(C)(CN(C)C)c1ccccc1.Cl.N. The Balaban J connectivity index is 0. The first-order valence-electron chi connectivity index (χ1n) is 10.3. The topological polar surface area (TPSA) is 38.2 Å². The molecule has 0 bridgehead atoms. The van der Waals surface area contributed by atoms with Crippen molar-refractivity contribution in [3.05, 3.63) is 35.9 Å². The summed E-state index contributed by atoms with van der Waals surface area (Å²) in [4.78, 5) is 2.34. The zero-order valence-electron chi connectivity index (χ0n) is 17.9. The standard InChI is InChI=1S/C23H41N.ClH.H3N/c1-5-6-7-8-9-10-11-12-13-17-20-23(2,21-24(3)4)22-18-15-14-16-19-22;;/h14-16,18-19H,5-13,17,20-21H2,1-4H3;1H;1H3. The van der Waals surface area contributed by atoms with Crippen molar-refractivity contribution in [2.75, 3.05) is 20.6 Å². The molecular formula is C23H45ClN2. The highest BCUT2D eigenvalue weighted by Crippen LogP contribution is 2.30. The van der Waals surface area contributed by atoms with Gasteiger partial charge < -0.3 is 11.1 Å². The molecule has 1 atom stereocenters. The van der Waals surface area contributed by atoms with Crippen LogP contribution in [0.2, 0.25) is 0 Å². The van der Waals surface area contributed by atoms with Gasteiger partial charge in [0, 0.05) is 12.0 Å². The van der Waals surface area contributed by atoms with Crippen molar-refractivity contribution >= 4 is 12.4 Å². The molecule has 0 aromatic heterocycles. The Bertz CT molecular complexity index is 408. The van der Waals surface area contributed by atoms with E-state index in [0.717, 1.165) is 6.54 Å². The van der Waals surface area contributed by atoms with Crippen LogP contribution in [-0.4, -0.2) is 25.5 Å². The molecule has 0 aliphatic heterocycles. The molecule has 1 unspecified atom stereocenters. The van der Waals surface area contributed by atoms with Crippen molar-refractivity contribution in [2.45, 2.75) is 89.9 Å². The molecule has 2 nitrogen and oxygen atoms in total. The molecule has 0 fully saturated rings. The third kappa shape index (κ3) is 11.9. The lowest BCUT2D eigenvalue weighted by molar-refractivity contribution is 0.277. The quantitative estimate of drug-likeness (QED) is 0.339. The molecule has 0 heterocycles. The number of rotatable bonds is 14. The molecule has 0 saturated heterocycles. The van der Waals surface area contributed by atoms with E-state index in [9.17, 15) is 0 Å². The highest BCUT2D eigenvalue weighted by Gasteiger charge is 2.26. The highest BCUT2D eigenvalue weighted by molar-refractivity contribution is 5.85. The zero-order valence-corrected chi connectivity index (χ0v) is 18.8. The van der Waals surface area contributed by atoms with Crippen molar-refractivity contribution in [2.24, 2.45) is 0 Å². The van der Waals surface area contributed by atoms with Crippen molar-refractivity contribution in [3.8, 4) is 0 Å². The fourth-order valence-electron chi connectivity index (χ4n) is 3.86. The Morgan fingerprint density at radius 2 is 1.23 bits per heavy atom. The van der Waals surface area contributed by atoms with Crippen molar-refractivity contribution in [3.63, 3.8) is 0 Å². The summed E-state index contributed by atoms with van der Waals surface area (Å²) >= 11 is 0. The number of unbranched alkanes of at least 4 members (excludes halogenated alkanes) is 9. The van der Waals surface area contributed by atoms with Crippen LogP contribution in [0.1, 0.15) is 90.0 Å². The van der Waals surface area contributed by atoms with Crippen molar-refractivity contribution < 1.29 is 0 Å². The Kier molecular flexibility index (Phi) is 17.6. The highest BCUT2D eigenvalue weighted by atomic mass is 35.5. The van der Waals surface area contributed by atoms with E-state index in [0.29, 0.717) is 0 Å². The Morgan fingerprint density at radius 3 is 1.69 bits per heavy atom. The van der Waals surface area contributed by atoms with E-state index in [4.69, 9.17) is 0 Å². The van der Waals surface area contributed by atoms with Crippen LogP contribution in [-0.2, 0) is 5.41 Å². The number of halogens is 1. The predicted octanol–water partition coefficient (Wildman–Crippen LogP) is 7.40. The number of benzene rings is 1. The first kappa shape index (κ1) is 27.6. The normalized spacial score (nSPS) is 13.0. The maximum Gasteiger partial charge on any atom is 0.00699 e. The molecule has 0 aliphatic carbocycles. The maximum atomic E-state index is 2.44. The molecule has 3 heteroatoms. The second kappa shape index (κ2) is 16.6. The van der Waals surface area contributed by atoms with E-state index in [1.54, 1.807) is 0 Å². The van der Waals surface area contributed by atoms with Gasteiger partial charge in [0.1, 0.15) is 0 Å². The van der Waals surface area contributed by atoms with Crippen LogP contribution < -0.4 is 6.15 Å². The summed E-state index contributed by atoms with van der Waals surface area (Å²) < 4.78 is 0. The lowest BCUT2D eigenvalue weighted by Crippen LogP contribution is -2.35. The summed E-state index contributed by atoms with van der Waals surface area (Å²) in [6, 6.07) is 11.1. The Morgan fingerprint density at radius 1 is 0.769 bits per heavy atom. The second-order valence-electron chi connectivity index (χ2n) is 8.10. The van der Waals surface area contributed by atoms with E-state index in [2.05, 4.69) is 63.2 Å². The second-order valence-corrected chi connectivity index (χ2v) is 8.10. The molecule has 0 saturated carbocycles. The van der Waals surface area contributed by atoms with Crippen LogP contribution in [0.3, 0.4) is 0 Å². The fraction of sp³-hybridized carbons (Fsp3) is 0.739. The third-order valence-electron chi connectivity index (χ3n) is 5.22. The predicted molar refractivity (Wildman–Crippen MR) is 121 cm³/mol. The largest absolute Gasteiger partial charge is 0.344 e. The van der Waals surface area contributed by atoms with Gasteiger partial charge in [0.15, 0.2) is 0 Å². The van der Waals surface area contributed by atoms with Crippen LogP contribution in [0.25, 0.3) is 0 Å². The van der Waals surface area contributed by atoms with Gasteiger partial charge in [-0.25, -0.2) is 0 Å². The average Bonchev–Trinajstić information content (AvgIpc) is 2.57. The molecule has 0 radical (unpaired) electrons. The average molecular weight is 385 g/mol. The van der Waals surface area contributed by atoms with Gasteiger partial charge >= 0.3 is 0 Å². The summed E-state index contributed by atoms with van der Waals surface area (Å²) in [5, 5.41) is 0. The van der Waals surface area contributed by atoms with Gasteiger partial charge in [-0.1, -0.05) is 108 Å². The first-order chi connectivity index (χ1) is 11.6. The summed E-state index contributed by atoms with van der Waals surface area (Å²) in [5.41, 5.74) is 1.78. The molecule has 154 valence electrons.